The van der Waals surface area contributed by atoms with Gasteiger partial charge in [-0.15, -0.1) is 11.3 Å². The summed E-state index contributed by atoms with van der Waals surface area (Å²) in [7, 11) is 0. The molecule has 2 nitrogen and oxygen atoms in total. The van der Waals surface area contributed by atoms with Gasteiger partial charge in [0.2, 0.25) is 0 Å². The van der Waals surface area contributed by atoms with Gasteiger partial charge in [-0.25, -0.2) is 0 Å². The Labute approximate surface area is 137 Å². The SMILES string of the molecule is CC(c1ccccc1)N1C(=O)C(=Cc2cccs2)SC1=S. The van der Waals surface area contributed by atoms with Crippen LogP contribution in [-0.2, 0) is 4.79 Å². The van der Waals surface area contributed by atoms with Crippen molar-refractivity contribution >= 4 is 51.6 Å². The molecule has 1 aliphatic heterocycles. The molecule has 1 aromatic carbocycles. The minimum atomic E-state index is -0.0482. The number of carbonyl (C=O) groups is 1. The second-order valence-electron chi connectivity index (χ2n) is 4.65. The minimum absolute atomic E-state index is 0.00486. The number of benzene rings is 1. The molecule has 3 rings (SSSR count). The van der Waals surface area contributed by atoms with Gasteiger partial charge in [-0.2, -0.15) is 0 Å². The number of rotatable bonds is 3. The fourth-order valence-electron chi connectivity index (χ4n) is 2.20. The monoisotopic (exact) mass is 331 g/mol. The molecule has 0 aliphatic carbocycles. The number of thiophene rings is 1. The maximum absolute atomic E-state index is 12.6. The summed E-state index contributed by atoms with van der Waals surface area (Å²) in [4.78, 5) is 16.1. The molecule has 1 aromatic heterocycles. The quantitative estimate of drug-likeness (QED) is 0.600. The highest BCUT2D eigenvalue weighted by Gasteiger charge is 2.35. The smallest absolute Gasteiger partial charge is 0.266 e. The molecule has 2 heterocycles. The predicted molar refractivity (Wildman–Crippen MR) is 94.2 cm³/mol. The molecule has 0 bridgehead atoms. The Bertz CT molecular complexity index is 692. The van der Waals surface area contributed by atoms with E-state index in [4.69, 9.17) is 12.2 Å². The molecule has 0 saturated carbocycles. The third kappa shape index (κ3) is 2.95. The number of nitrogens with zero attached hydrogens (tertiary/aromatic N) is 1. The summed E-state index contributed by atoms with van der Waals surface area (Å²) in [6.45, 7) is 2.01. The van der Waals surface area contributed by atoms with Crippen LogP contribution in [-0.4, -0.2) is 15.1 Å². The largest absolute Gasteiger partial charge is 0.286 e. The van der Waals surface area contributed by atoms with E-state index in [-0.39, 0.29) is 11.9 Å². The van der Waals surface area contributed by atoms with Gasteiger partial charge in [0, 0.05) is 4.88 Å². The normalized spacial score (nSPS) is 18.5. The summed E-state index contributed by atoms with van der Waals surface area (Å²) in [5.41, 5.74) is 1.09. The topological polar surface area (TPSA) is 20.3 Å². The van der Waals surface area contributed by atoms with E-state index >= 15 is 0 Å². The van der Waals surface area contributed by atoms with Crippen LogP contribution in [0.5, 0.6) is 0 Å². The lowest BCUT2D eigenvalue weighted by molar-refractivity contribution is -0.123. The fourth-order valence-corrected chi connectivity index (χ4v) is 4.34. The number of hydrogen-bond acceptors (Lipinski definition) is 4. The first-order chi connectivity index (χ1) is 10.2. The van der Waals surface area contributed by atoms with Crippen LogP contribution in [0.15, 0.2) is 52.7 Å². The van der Waals surface area contributed by atoms with Gasteiger partial charge in [0.1, 0.15) is 4.32 Å². The van der Waals surface area contributed by atoms with Crippen molar-refractivity contribution in [3.8, 4) is 0 Å². The first-order valence-electron chi connectivity index (χ1n) is 6.52. The lowest BCUT2D eigenvalue weighted by atomic mass is 10.1. The van der Waals surface area contributed by atoms with Crippen LogP contribution < -0.4 is 0 Å². The minimum Gasteiger partial charge on any atom is -0.286 e. The zero-order valence-corrected chi connectivity index (χ0v) is 13.8. The highest BCUT2D eigenvalue weighted by molar-refractivity contribution is 8.26. The predicted octanol–water partition coefficient (Wildman–Crippen LogP) is 4.71. The van der Waals surface area contributed by atoms with Crippen molar-refractivity contribution in [2.24, 2.45) is 0 Å². The van der Waals surface area contributed by atoms with Gasteiger partial charge in [-0.05, 0) is 30.0 Å². The lowest BCUT2D eigenvalue weighted by Crippen LogP contribution is -2.30. The molecule has 0 N–H and O–H groups in total. The van der Waals surface area contributed by atoms with Crippen LogP contribution in [0.4, 0.5) is 0 Å². The van der Waals surface area contributed by atoms with Gasteiger partial charge in [0.05, 0.1) is 10.9 Å². The maximum Gasteiger partial charge on any atom is 0.266 e. The summed E-state index contributed by atoms with van der Waals surface area (Å²) in [5.74, 6) is -0.00486. The van der Waals surface area contributed by atoms with Crippen molar-refractivity contribution in [3.05, 3.63) is 63.2 Å². The fraction of sp³-hybridized carbons (Fsp3) is 0.125. The molecular formula is C16H13NOS3. The van der Waals surface area contributed by atoms with Crippen molar-refractivity contribution in [3.63, 3.8) is 0 Å². The molecule has 1 saturated heterocycles. The van der Waals surface area contributed by atoms with E-state index in [2.05, 4.69) is 0 Å². The third-order valence-electron chi connectivity index (χ3n) is 3.31. The molecule has 5 heteroatoms. The van der Waals surface area contributed by atoms with E-state index in [9.17, 15) is 4.79 Å². The Morgan fingerprint density at radius 1 is 1.19 bits per heavy atom. The third-order valence-corrected chi connectivity index (χ3v) is 5.46. The van der Waals surface area contributed by atoms with Crippen molar-refractivity contribution in [2.45, 2.75) is 13.0 Å². The zero-order valence-electron chi connectivity index (χ0n) is 11.4. The van der Waals surface area contributed by atoms with E-state index in [0.717, 1.165) is 10.4 Å². The first kappa shape index (κ1) is 14.5. The van der Waals surface area contributed by atoms with Crippen LogP contribution in [0.1, 0.15) is 23.4 Å². The molecular weight excluding hydrogens is 318 g/mol. The molecule has 0 radical (unpaired) electrons. The van der Waals surface area contributed by atoms with Gasteiger partial charge in [-0.1, -0.05) is 60.4 Å². The van der Waals surface area contributed by atoms with Crippen LogP contribution >= 0.6 is 35.3 Å². The molecule has 2 aromatic rings. The first-order valence-corrected chi connectivity index (χ1v) is 8.63. The lowest BCUT2D eigenvalue weighted by Gasteiger charge is -2.23. The van der Waals surface area contributed by atoms with E-state index in [0.29, 0.717) is 9.23 Å². The van der Waals surface area contributed by atoms with Gasteiger partial charge in [0.15, 0.2) is 0 Å². The Morgan fingerprint density at radius 2 is 1.95 bits per heavy atom. The standard InChI is InChI=1S/C16H13NOS3/c1-11(12-6-3-2-4-7-12)17-15(18)14(21-16(17)19)10-13-8-5-9-20-13/h2-11H,1H3. The number of thioether (sulfide) groups is 1. The molecule has 1 fully saturated rings. The van der Waals surface area contributed by atoms with Crippen molar-refractivity contribution in [2.75, 3.05) is 0 Å². The maximum atomic E-state index is 12.6. The number of carbonyl (C=O) groups excluding carboxylic acids is 1. The molecule has 1 amide bonds. The molecule has 0 spiro atoms. The second-order valence-corrected chi connectivity index (χ2v) is 7.31. The van der Waals surface area contributed by atoms with E-state index in [1.54, 1.807) is 16.2 Å². The Balaban J connectivity index is 1.88. The summed E-state index contributed by atoms with van der Waals surface area (Å²) in [6.07, 6.45) is 1.92. The van der Waals surface area contributed by atoms with Gasteiger partial charge >= 0.3 is 0 Å². The highest BCUT2D eigenvalue weighted by atomic mass is 32.2. The van der Waals surface area contributed by atoms with Crippen LogP contribution in [0.2, 0.25) is 0 Å². The van der Waals surface area contributed by atoms with Crippen LogP contribution in [0.3, 0.4) is 0 Å². The average Bonchev–Trinajstić information content (AvgIpc) is 3.09. The van der Waals surface area contributed by atoms with Crippen molar-refractivity contribution in [1.82, 2.24) is 4.90 Å². The van der Waals surface area contributed by atoms with E-state index < -0.39 is 0 Å². The zero-order chi connectivity index (χ0) is 14.8. The van der Waals surface area contributed by atoms with E-state index in [1.807, 2.05) is 60.8 Å². The van der Waals surface area contributed by atoms with Crippen LogP contribution in [0.25, 0.3) is 6.08 Å². The molecule has 106 valence electrons. The molecule has 1 aliphatic rings. The second kappa shape index (κ2) is 6.13. The summed E-state index contributed by atoms with van der Waals surface area (Å²) in [6, 6.07) is 13.9. The Hall–Kier alpha value is -1.43. The van der Waals surface area contributed by atoms with E-state index in [1.165, 1.54) is 11.8 Å². The molecule has 1 unspecified atom stereocenters. The summed E-state index contributed by atoms with van der Waals surface area (Å²) < 4.78 is 0.624. The average molecular weight is 331 g/mol. The molecule has 1 atom stereocenters. The van der Waals surface area contributed by atoms with Crippen molar-refractivity contribution < 1.29 is 4.79 Å². The number of amides is 1. The van der Waals surface area contributed by atoms with Gasteiger partial charge in [-0.3, -0.25) is 9.69 Å². The Kier molecular flexibility index (Phi) is 4.24. The number of hydrogen-bond donors (Lipinski definition) is 0. The highest BCUT2D eigenvalue weighted by Crippen LogP contribution is 2.38. The molecule has 21 heavy (non-hydrogen) atoms. The Morgan fingerprint density at radius 3 is 2.62 bits per heavy atom. The van der Waals surface area contributed by atoms with Gasteiger partial charge in [0.25, 0.3) is 5.91 Å². The number of thiocarbonyl (C=S) groups is 1. The van der Waals surface area contributed by atoms with Gasteiger partial charge < -0.3 is 0 Å². The van der Waals surface area contributed by atoms with Crippen molar-refractivity contribution in [1.29, 1.82) is 0 Å². The van der Waals surface area contributed by atoms with Crippen LogP contribution in [0, 0.1) is 0 Å². The summed E-state index contributed by atoms with van der Waals surface area (Å²) in [5, 5.41) is 2.00. The summed E-state index contributed by atoms with van der Waals surface area (Å²) >= 11 is 8.39.